The van der Waals surface area contributed by atoms with Crippen LogP contribution in [0.4, 0.5) is 10.1 Å². The van der Waals surface area contributed by atoms with Gasteiger partial charge in [-0.05, 0) is 18.6 Å². The molecule has 1 atom stereocenters. The quantitative estimate of drug-likeness (QED) is 0.802. The Morgan fingerprint density at radius 1 is 1.59 bits per heavy atom. The van der Waals surface area contributed by atoms with Crippen LogP contribution in [0.1, 0.15) is 13.3 Å². The van der Waals surface area contributed by atoms with Gasteiger partial charge < -0.3 is 5.11 Å². The van der Waals surface area contributed by atoms with E-state index in [2.05, 4.69) is 0 Å². The molecule has 5 nitrogen and oxygen atoms in total. The summed E-state index contributed by atoms with van der Waals surface area (Å²) in [6.45, 7) is 1.54. The molecule has 0 aliphatic carbocycles. The van der Waals surface area contributed by atoms with Crippen molar-refractivity contribution in [3.63, 3.8) is 0 Å². The summed E-state index contributed by atoms with van der Waals surface area (Å²) in [7, 11) is -3.94. The van der Waals surface area contributed by atoms with E-state index in [0.717, 1.165) is 18.2 Å². The van der Waals surface area contributed by atoms with Crippen LogP contribution in [0.25, 0.3) is 0 Å². The summed E-state index contributed by atoms with van der Waals surface area (Å²) in [4.78, 5) is 0. The highest BCUT2D eigenvalue weighted by Crippen LogP contribution is 2.21. The molecule has 92 valence electrons. The van der Waals surface area contributed by atoms with Gasteiger partial charge in [-0.3, -0.25) is 4.72 Å². The van der Waals surface area contributed by atoms with E-state index in [1.807, 2.05) is 4.72 Å². The highest BCUT2D eigenvalue weighted by Gasteiger charge is 2.24. The number of rotatable bonds is 4. The first kappa shape index (κ1) is 13.3. The van der Waals surface area contributed by atoms with Gasteiger partial charge >= 0.3 is 0 Å². The van der Waals surface area contributed by atoms with Gasteiger partial charge in [0.05, 0.1) is 11.8 Å². The average molecular weight is 258 g/mol. The Morgan fingerprint density at radius 3 is 2.71 bits per heavy atom. The fourth-order valence-corrected chi connectivity index (χ4v) is 2.38. The number of aromatic hydroxyl groups is 1. The molecule has 0 spiro atoms. The standard InChI is InChI=1S/C10H11FN2O3S/c1-2-8(6-12)17(15,16)13-10-4-3-7(14)5-9(10)11/h3-5,8,13-14H,2H2,1H3. The van der Waals surface area contributed by atoms with Crippen LogP contribution in [0.5, 0.6) is 5.75 Å². The Morgan fingerprint density at radius 2 is 2.24 bits per heavy atom. The monoisotopic (exact) mass is 258 g/mol. The fourth-order valence-electron chi connectivity index (χ4n) is 1.19. The third-order valence-electron chi connectivity index (χ3n) is 2.09. The van der Waals surface area contributed by atoms with Crippen molar-refractivity contribution in [1.29, 1.82) is 5.26 Å². The minimum atomic E-state index is -3.94. The lowest BCUT2D eigenvalue weighted by Crippen LogP contribution is -2.26. The molecule has 0 aliphatic rings. The van der Waals surface area contributed by atoms with Crippen molar-refractivity contribution < 1.29 is 17.9 Å². The number of hydrogen-bond acceptors (Lipinski definition) is 4. The molecular formula is C10H11FN2O3S. The third-order valence-corrected chi connectivity index (χ3v) is 3.79. The number of halogens is 1. The molecule has 0 fully saturated rings. The van der Waals surface area contributed by atoms with E-state index in [1.54, 1.807) is 13.0 Å². The maximum absolute atomic E-state index is 13.3. The number of nitrogens with one attached hydrogen (secondary N) is 1. The van der Waals surface area contributed by atoms with Crippen molar-refractivity contribution >= 4 is 15.7 Å². The minimum Gasteiger partial charge on any atom is -0.508 e. The average Bonchev–Trinajstić information content (AvgIpc) is 2.23. The molecule has 17 heavy (non-hydrogen) atoms. The van der Waals surface area contributed by atoms with Gasteiger partial charge in [0.25, 0.3) is 0 Å². The largest absolute Gasteiger partial charge is 0.508 e. The van der Waals surface area contributed by atoms with Crippen molar-refractivity contribution in [2.45, 2.75) is 18.6 Å². The van der Waals surface area contributed by atoms with E-state index >= 15 is 0 Å². The molecule has 0 amide bonds. The lowest BCUT2D eigenvalue weighted by atomic mass is 10.3. The summed E-state index contributed by atoms with van der Waals surface area (Å²) < 4.78 is 38.5. The zero-order valence-electron chi connectivity index (χ0n) is 9.01. The lowest BCUT2D eigenvalue weighted by molar-refractivity contribution is 0.469. The fraction of sp³-hybridized carbons (Fsp3) is 0.300. The van der Waals surface area contributed by atoms with Crippen LogP contribution >= 0.6 is 0 Å². The summed E-state index contributed by atoms with van der Waals surface area (Å²) in [6, 6.07) is 4.64. The first-order valence-corrected chi connectivity index (χ1v) is 6.35. The molecule has 1 aromatic carbocycles. The Labute approximate surface area is 98.6 Å². The van der Waals surface area contributed by atoms with Gasteiger partial charge in [0.15, 0.2) is 11.1 Å². The Bertz CT molecular complexity index is 551. The zero-order chi connectivity index (χ0) is 13.1. The first-order valence-electron chi connectivity index (χ1n) is 4.80. The van der Waals surface area contributed by atoms with Crippen molar-refractivity contribution in [1.82, 2.24) is 0 Å². The number of nitriles is 1. The number of nitrogens with zero attached hydrogens (tertiary/aromatic N) is 1. The van der Waals surface area contributed by atoms with Crippen molar-refractivity contribution in [3.05, 3.63) is 24.0 Å². The molecule has 1 aromatic rings. The molecule has 0 radical (unpaired) electrons. The molecule has 0 heterocycles. The molecule has 7 heteroatoms. The van der Waals surface area contributed by atoms with Gasteiger partial charge in [0, 0.05) is 6.07 Å². The molecule has 1 unspecified atom stereocenters. The van der Waals surface area contributed by atoms with Gasteiger partial charge in [-0.1, -0.05) is 6.92 Å². The minimum absolute atomic E-state index is 0.103. The van der Waals surface area contributed by atoms with Crippen LogP contribution in [0.3, 0.4) is 0 Å². The van der Waals surface area contributed by atoms with Gasteiger partial charge in [-0.25, -0.2) is 12.8 Å². The Kier molecular flexibility index (Phi) is 3.91. The van der Waals surface area contributed by atoms with Crippen LogP contribution in [0.15, 0.2) is 18.2 Å². The van der Waals surface area contributed by atoms with Crippen molar-refractivity contribution in [2.75, 3.05) is 4.72 Å². The lowest BCUT2D eigenvalue weighted by Gasteiger charge is -2.11. The van der Waals surface area contributed by atoms with Crippen LogP contribution in [-0.2, 0) is 10.0 Å². The highest BCUT2D eigenvalue weighted by atomic mass is 32.2. The summed E-state index contributed by atoms with van der Waals surface area (Å²) in [5.41, 5.74) is -0.295. The first-order chi connectivity index (χ1) is 7.90. The number of hydrogen-bond donors (Lipinski definition) is 2. The van der Waals surface area contributed by atoms with Crippen LogP contribution in [-0.4, -0.2) is 18.8 Å². The molecule has 0 aliphatic heterocycles. The molecule has 0 saturated heterocycles. The van der Waals surface area contributed by atoms with Gasteiger partial charge in [-0.15, -0.1) is 0 Å². The number of phenolic OH excluding ortho intramolecular Hbond substituents is 1. The molecule has 2 N–H and O–H groups in total. The summed E-state index contributed by atoms with van der Waals surface area (Å²) in [6.07, 6.45) is 0.103. The van der Waals surface area contributed by atoms with E-state index < -0.39 is 21.1 Å². The summed E-state index contributed by atoms with van der Waals surface area (Å²) >= 11 is 0. The van der Waals surface area contributed by atoms with Gasteiger partial charge in [0.1, 0.15) is 5.75 Å². The molecule has 1 rings (SSSR count). The van der Waals surface area contributed by atoms with E-state index in [-0.39, 0.29) is 17.9 Å². The second-order valence-electron chi connectivity index (χ2n) is 3.34. The molecule has 0 bridgehead atoms. The smallest absolute Gasteiger partial charge is 0.249 e. The SMILES string of the molecule is CCC(C#N)S(=O)(=O)Nc1ccc(O)cc1F. The normalized spacial score (nSPS) is 12.8. The zero-order valence-corrected chi connectivity index (χ0v) is 9.83. The molecular weight excluding hydrogens is 247 g/mol. The van der Waals surface area contributed by atoms with E-state index in [1.165, 1.54) is 0 Å². The Balaban J connectivity index is 3.03. The summed E-state index contributed by atoms with van der Waals surface area (Å²) in [5, 5.41) is 16.4. The van der Waals surface area contributed by atoms with Gasteiger partial charge in [0.2, 0.25) is 10.0 Å². The summed E-state index contributed by atoms with van der Waals surface area (Å²) in [5.74, 6) is -1.21. The maximum Gasteiger partial charge on any atom is 0.249 e. The van der Waals surface area contributed by atoms with Crippen LogP contribution in [0, 0.1) is 17.1 Å². The van der Waals surface area contributed by atoms with Crippen molar-refractivity contribution in [2.24, 2.45) is 0 Å². The molecule has 0 aromatic heterocycles. The Hall–Kier alpha value is -1.81. The van der Waals surface area contributed by atoms with Crippen LogP contribution < -0.4 is 4.72 Å². The van der Waals surface area contributed by atoms with Crippen molar-refractivity contribution in [3.8, 4) is 11.8 Å². The predicted octanol–water partition coefficient (Wildman–Crippen LogP) is 1.58. The second-order valence-corrected chi connectivity index (χ2v) is 5.20. The number of benzene rings is 1. The van der Waals surface area contributed by atoms with E-state index in [0.29, 0.717) is 0 Å². The number of sulfonamides is 1. The van der Waals surface area contributed by atoms with Crippen LogP contribution in [0.2, 0.25) is 0 Å². The van der Waals surface area contributed by atoms with E-state index in [4.69, 9.17) is 10.4 Å². The van der Waals surface area contributed by atoms with Gasteiger partial charge in [-0.2, -0.15) is 5.26 Å². The highest BCUT2D eigenvalue weighted by molar-refractivity contribution is 7.93. The second kappa shape index (κ2) is 5.01. The molecule has 0 saturated carbocycles. The predicted molar refractivity (Wildman–Crippen MR) is 60.3 cm³/mol. The third kappa shape index (κ3) is 3.07. The van der Waals surface area contributed by atoms with E-state index in [9.17, 15) is 12.8 Å². The number of phenols is 1. The topological polar surface area (TPSA) is 90.2 Å². The number of anilines is 1. The maximum atomic E-state index is 13.3.